The Balaban J connectivity index is 1.67. The van der Waals surface area contributed by atoms with Crippen LogP contribution in [0.3, 0.4) is 0 Å². The second kappa shape index (κ2) is 8.76. The fourth-order valence-corrected chi connectivity index (χ4v) is 3.80. The van der Waals surface area contributed by atoms with E-state index in [4.69, 9.17) is 0 Å². The number of ether oxygens (including phenoxy) is 1. The van der Waals surface area contributed by atoms with E-state index >= 15 is 0 Å². The van der Waals surface area contributed by atoms with Crippen molar-refractivity contribution >= 4 is 22.8 Å². The monoisotopic (exact) mass is 434 g/mol. The summed E-state index contributed by atoms with van der Waals surface area (Å²) in [6.45, 7) is 4.89. The third-order valence-electron chi connectivity index (χ3n) is 5.39. The van der Waals surface area contributed by atoms with Gasteiger partial charge in [0.1, 0.15) is 11.6 Å². The average Bonchev–Trinajstić information content (AvgIpc) is 2.64. The maximum absolute atomic E-state index is 12.4. The van der Waals surface area contributed by atoms with Crippen molar-refractivity contribution in [3.05, 3.63) is 48.2 Å². The van der Waals surface area contributed by atoms with Gasteiger partial charge in [-0.2, -0.15) is 0 Å². The van der Waals surface area contributed by atoms with E-state index in [0.717, 1.165) is 36.6 Å². The van der Waals surface area contributed by atoms with Gasteiger partial charge in [0, 0.05) is 49.5 Å². The van der Waals surface area contributed by atoms with E-state index in [1.165, 1.54) is 17.7 Å². The van der Waals surface area contributed by atoms with Crippen LogP contribution in [0, 0.1) is 5.92 Å². The predicted octanol–water partition coefficient (Wildman–Crippen LogP) is 3.92. The molecule has 0 amide bonds. The number of hydrogen-bond donors (Lipinski definition) is 3. The van der Waals surface area contributed by atoms with Crippen LogP contribution in [0.1, 0.15) is 18.9 Å². The lowest BCUT2D eigenvalue weighted by Crippen LogP contribution is -2.51. The van der Waals surface area contributed by atoms with Gasteiger partial charge in [0.15, 0.2) is 0 Å². The molecule has 3 N–H and O–H groups in total. The van der Waals surface area contributed by atoms with Gasteiger partial charge in [-0.15, -0.1) is 13.2 Å². The molecule has 3 heterocycles. The summed E-state index contributed by atoms with van der Waals surface area (Å²) in [5.74, 6) is 0.895. The van der Waals surface area contributed by atoms with Gasteiger partial charge in [0.2, 0.25) is 0 Å². The number of allylic oxidation sites excluding steroid dienone is 1. The smallest absolute Gasteiger partial charge is 0.406 e. The van der Waals surface area contributed by atoms with Crippen molar-refractivity contribution in [2.24, 2.45) is 5.92 Å². The van der Waals surface area contributed by atoms with Crippen molar-refractivity contribution in [1.29, 1.82) is 0 Å². The summed E-state index contributed by atoms with van der Waals surface area (Å²) < 4.78 is 41.2. The largest absolute Gasteiger partial charge is 0.573 e. The summed E-state index contributed by atoms with van der Waals surface area (Å²) >= 11 is 0. The topological polar surface area (TPSA) is 69.7 Å². The third kappa shape index (κ3) is 4.94. The summed E-state index contributed by atoms with van der Waals surface area (Å²) in [5, 5.41) is 16.4. The van der Waals surface area contributed by atoms with E-state index in [9.17, 15) is 18.3 Å². The van der Waals surface area contributed by atoms with Crippen LogP contribution in [-0.2, 0) is 0 Å². The number of halogens is 3. The zero-order valence-electron chi connectivity index (χ0n) is 17.1. The Bertz CT molecular complexity index is 937. The Kier molecular flexibility index (Phi) is 6.06. The van der Waals surface area contributed by atoms with E-state index < -0.39 is 6.36 Å². The fourth-order valence-electron chi connectivity index (χ4n) is 3.80. The predicted molar refractivity (Wildman–Crippen MR) is 113 cm³/mol. The number of aromatic nitrogens is 1. The highest BCUT2D eigenvalue weighted by Crippen LogP contribution is 2.40. The number of β-amino-alcohol motifs (C(OH)–C–C–N with tert-alkyl or cyclic N) is 1. The van der Waals surface area contributed by atoms with Gasteiger partial charge in [-0.3, -0.25) is 0 Å². The van der Waals surface area contributed by atoms with Crippen LogP contribution in [0.25, 0.3) is 5.57 Å². The fraction of sp³-hybridized carbons (Fsp3) is 0.409. The molecular formula is C22H25F3N4O2. The minimum absolute atomic E-state index is 0.268. The zero-order chi connectivity index (χ0) is 22.0. The Hall–Kier alpha value is -2.78. The Morgan fingerprint density at radius 1 is 1.26 bits per heavy atom. The number of nitrogens with zero attached hydrogens (tertiary/aromatic N) is 2. The van der Waals surface area contributed by atoms with Crippen molar-refractivity contribution in [2.75, 3.05) is 36.4 Å². The number of benzene rings is 1. The first-order chi connectivity index (χ1) is 14.8. The Labute approximate surface area is 178 Å². The quantitative estimate of drug-likeness (QED) is 0.614. The van der Waals surface area contributed by atoms with Gasteiger partial charge in [-0.1, -0.05) is 13.0 Å². The van der Waals surface area contributed by atoms with E-state index in [1.807, 2.05) is 11.0 Å². The van der Waals surface area contributed by atoms with E-state index in [1.54, 1.807) is 18.3 Å². The standard InChI is InChI=1S/C22H25F3N4O2/c1-2-3-18(14-10-26-11-14)20-19(8-9-27-21(20)29-12-16(30)13-29)28-15-4-6-17(7-5-15)31-22(23,24)25/h3-9,14,16,26,30H,2,10-13H2,1H3,(H,27,28)/b18-3+. The number of aliphatic hydroxyl groups is 1. The molecule has 9 heteroatoms. The molecule has 1 aromatic heterocycles. The highest BCUT2D eigenvalue weighted by atomic mass is 19.4. The molecule has 0 unspecified atom stereocenters. The number of rotatable bonds is 7. The molecule has 2 aliphatic rings. The van der Waals surface area contributed by atoms with Crippen LogP contribution in [-0.4, -0.2) is 48.7 Å². The number of aliphatic hydroxyl groups excluding tert-OH is 1. The first-order valence-corrected chi connectivity index (χ1v) is 10.3. The lowest BCUT2D eigenvalue weighted by molar-refractivity contribution is -0.274. The van der Waals surface area contributed by atoms with Gasteiger partial charge in [0.25, 0.3) is 0 Å². The minimum atomic E-state index is -4.72. The number of anilines is 3. The number of nitrogens with one attached hydrogen (secondary N) is 2. The lowest BCUT2D eigenvalue weighted by Gasteiger charge is -2.40. The van der Waals surface area contributed by atoms with Crippen LogP contribution in [0.15, 0.2) is 42.6 Å². The number of hydrogen-bond acceptors (Lipinski definition) is 6. The molecule has 6 nitrogen and oxygen atoms in total. The second-order valence-electron chi connectivity index (χ2n) is 7.74. The van der Waals surface area contributed by atoms with Crippen molar-refractivity contribution in [1.82, 2.24) is 10.3 Å². The number of alkyl halides is 3. The molecule has 0 atom stereocenters. The van der Waals surface area contributed by atoms with Crippen LogP contribution >= 0.6 is 0 Å². The molecule has 0 radical (unpaired) electrons. The molecule has 0 bridgehead atoms. The van der Waals surface area contributed by atoms with Crippen molar-refractivity contribution in [2.45, 2.75) is 25.8 Å². The SMILES string of the molecule is CC/C=C(/c1c(Nc2ccc(OC(F)(F)F)cc2)ccnc1N1CC(O)C1)C1CNC1. The van der Waals surface area contributed by atoms with Crippen LogP contribution < -0.4 is 20.3 Å². The zero-order valence-corrected chi connectivity index (χ0v) is 17.1. The summed E-state index contributed by atoms with van der Waals surface area (Å²) in [6.07, 6.45) is -0.313. The summed E-state index contributed by atoms with van der Waals surface area (Å²) in [6, 6.07) is 7.52. The first-order valence-electron chi connectivity index (χ1n) is 10.3. The summed E-state index contributed by atoms with van der Waals surface area (Å²) in [7, 11) is 0. The lowest BCUT2D eigenvalue weighted by atomic mass is 9.86. The molecular weight excluding hydrogens is 409 g/mol. The van der Waals surface area contributed by atoms with Crippen molar-refractivity contribution in [3.63, 3.8) is 0 Å². The second-order valence-corrected chi connectivity index (χ2v) is 7.74. The summed E-state index contributed by atoms with van der Waals surface area (Å²) in [5.41, 5.74) is 3.62. The van der Waals surface area contributed by atoms with E-state index in [0.29, 0.717) is 24.7 Å². The Morgan fingerprint density at radius 3 is 2.52 bits per heavy atom. The molecule has 4 rings (SSSR count). The maximum atomic E-state index is 12.4. The van der Waals surface area contributed by atoms with Gasteiger partial charge < -0.3 is 25.4 Å². The maximum Gasteiger partial charge on any atom is 0.573 e. The van der Waals surface area contributed by atoms with Crippen LogP contribution in [0.2, 0.25) is 0 Å². The van der Waals surface area contributed by atoms with Gasteiger partial charge >= 0.3 is 6.36 Å². The molecule has 0 aliphatic carbocycles. The highest BCUT2D eigenvalue weighted by molar-refractivity contribution is 5.87. The van der Waals surface area contributed by atoms with E-state index in [2.05, 4.69) is 33.4 Å². The molecule has 0 saturated carbocycles. The first kappa shape index (κ1) is 21.5. The third-order valence-corrected chi connectivity index (χ3v) is 5.39. The molecule has 2 aliphatic heterocycles. The molecule has 2 saturated heterocycles. The van der Waals surface area contributed by atoms with E-state index in [-0.39, 0.29) is 11.9 Å². The molecule has 2 aromatic rings. The van der Waals surface area contributed by atoms with Crippen LogP contribution in [0.4, 0.5) is 30.4 Å². The van der Waals surface area contributed by atoms with Crippen LogP contribution in [0.5, 0.6) is 5.75 Å². The molecule has 2 fully saturated rings. The molecule has 0 spiro atoms. The van der Waals surface area contributed by atoms with Gasteiger partial charge in [-0.05, 0) is 42.3 Å². The van der Waals surface area contributed by atoms with Crippen molar-refractivity contribution in [3.8, 4) is 5.75 Å². The van der Waals surface area contributed by atoms with Gasteiger partial charge in [0.05, 0.1) is 11.8 Å². The highest BCUT2D eigenvalue weighted by Gasteiger charge is 2.33. The summed E-state index contributed by atoms with van der Waals surface area (Å²) in [4.78, 5) is 6.65. The normalized spacial score (nSPS) is 17.8. The Morgan fingerprint density at radius 2 is 1.97 bits per heavy atom. The van der Waals surface area contributed by atoms with Gasteiger partial charge in [-0.25, -0.2) is 4.98 Å². The minimum Gasteiger partial charge on any atom is -0.406 e. The average molecular weight is 434 g/mol. The molecule has 166 valence electrons. The molecule has 31 heavy (non-hydrogen) atoms. The van der Waals surface area contributed by atoms with Crippen molar-refractivity contribution < 1.29 is 23.0 Å². The number of pyridine rings is 1. The molecule has 1 aromatic carbocycles.